The first-order valence-corrected chi connectivity index (χ1v) is 3.58. The van der Waals surface area contributed by atoms with Gasteiger partial charge in [0.1, 0.15) is 0 Å². The molecule has 1 aromatic heterocycles. The van der Waals surface area contributed by atoms with Gasteiger partial charge in [0.05, 0.1) is 6.61 Å². The van der Waals surface area contributed by atoms with E-state index in [9.17, 15) is 5.21 Å². The van der Waals surface area contributed by atoms with Crippen LogP contribution in [-0.4, -0.2) is 16.7 Å². The highest BCUT2D eigenvalue weighted by molar-refractivity contribution is 5.61. The Morgan fingerprint density at radius 1 is 1.62 bits per heavy atom. The smallest absolute Gasteiger partial charge is 0.435 e. The lowest BCUT2D eigenvalue weighted by molar-refractivity contribution is -0.601. The lowest BCUT2D eigenvalue weighted by Crippen LogP contribution is -2.33. The Hall–Kier alpha value is -1.92. The molecule has 0 aliphatic heterocycles. The predicted octanol–water partition coefficient (Wildman–Crippen LogP) is -1.02. The summed E-state index contributed by atoms with van der Waals surface area (Å²) in [5.74, 6) is -0.361. The zero-order valence-electron chi connectivity index (χ0n) is 7.02. The molecule has 0 bridgehead atoms. The molecule has 0 saturated heterocycles. The molecule has 0 fully saturated rings. The summed E-state index contributed by atoms with van der Waals surface area (Å²) in [7, 11) is 0. The van der Waals surface area contributed by atoms with Crippen LogP contribution in [0.3, 0.4) is 0 Å². The second-order valence-corrected chi connectivity index (χ2v) is 2.24. The van der Waals surface area contributed by atoms with E-state index in [-0.39, 0.29) is 22.1 Å². The maximum Gasteiger partial charge on any atom is 0.435 e. The van der Waals surface area contributed by atoms with Crippen molar-refractivity contribution in [1.29, 1.82) is 0 Å². The number of hydrogen-bond acceptors (Lipinski definition) is 6. The molecular formula is C6H10N4O3. The summed E-state index contributed by atoms with van der Waals surface area (Å²) in [6.45, 7) is 2.03. The summed E-state index contributed by atoms with van der Waals surface area (Å²) in [5.41, 5.74) is 10.6. The summed E-state index contributed by atoms with van der Waals surface area (Å²) in [4.78, 5) is 3.40. The second kappa shape index (κ2) is 3.21. The minimum atomic E-state index is -0.782. The van der Waals surface area contributed by atoms with E-state index in [0.29, 0.717) is 6.61 Å². The number of ether oxygens (including phenoxy) is 1. The topological polar surface area (TPSA) is 121 Å². The van der Waals surface area contributed by atoms with Crippen LogP contribution in [0.25, 0.3) is 0 Å². The highest BCUT2D eigenvalue weighted by Crippen LogP contribution is 2.23. The van der Waals surface area contributed by atoms with Gasteiger partial charge in [0.25, 0.3) is 5.82 Å². The van der Waals surface area contributed by atoms with Gasteiger partial charge in [-0.2, -0.15) is 0 Å². The van der Waals surface area contributed by atoms with E-state index < -0.39 is 6.01 Å². The molecule has 1 aromatic rings. The molecule has 72 valence electrons. The van der Waals surface area contributed by atoms with E-state index in [1.807, 2.05) is 0 Å². The summed E-state index contributed by atoms with van der Waals surface area (Å²) in [6, 6.07) is -0.782. The molecule has 7 nitrogen and oxygen atoms in total. The predicted molar refractivity (Wildman–Crippen MR) is 44.9 cm³/mol. The van der Waals surface area contributed by atoms with Crippen molar-refractivity contribution in [2.24, 2.45) is 0 Å². The maximum absolute atomic E-state index is 10.9. The lowest BCUT2D eigenvalue weighted by Gasteiger charge is -2.10. The third-order valence-electron chi connectivity index (χ3n) is 1.39. The van der Waals surface area contributed by atoms with E-state index in [0.717, 1.165) is 0 Å². The van der Waals surface area contributed by atoms with Gasteiger partial charge in [-0.25, -0.2) is 4.73 Å². The second-order valence-electron chi connectivity index (χ2n) is 2.24. The minimum Gasteiger partial charge on any atom is -0.738 e. The van der Waals surface area contributed by atoms with Crippen LogP contribution in [0.1, 0.15) is 6.92 Å². The van der Waals surface area contributed by atoms with Crippen molar-refractivity contribution in [3.63, 3.8) is 0 Å². The number of aromatic hydroxyl groups is 1. The monoisotopic (exact) mass is 186 g/mol. The fourth-order valence-electron chi connectivity index (χ4n) is 0.770. The highest BCUT2D eigenvalue weighted by atomic mass is 16.5. The number of nitrogen functional groups attached to an aromatic ring is 2. The Morgan fingerprint density at radius 3 is 2.77 bits per heavy atom. The fourth-order valence-corrected chi connectivity index (χ4v) is 0.770. The van der Waals surface area contributed by atoms with Gasteiger partial charge in [0.2, 0.25) is 0 Å². The Balaban J connectivity index is 3.24. The van der Waals surface area contributed by atoms with Gasteiger partial charge < -0.3 is 26.5 Å². The van der Waals surface area contributed by atoms with Crippen LogP contribution in [0.5, 0.6) is 11.9 Å². The number of aromatic nitrogens is 2. The van der Waals surface area contributed by atoms with Gasteiger partial charge in [-0.05, 0) is 11.9 Å². The van der Waals surface area contributed by atoms with Gasteiger partial charge in [-0.1, -0.05) is 0 Å². The van der Waals surface area contributed by atoms with E-state index in [1.54, 1.807) is 6.92 Å². The van der Waals surface area contributed by atoms with Crippen LogP contribution in [0.2, 0.25) is 0 Å². The van der Waals surface area contributed by atoms with Gasteiger partial charge in [0.15, 0.2) is 5.69 Å². The standard InChI is InChI=1S/C6H10N4O3/c1-2-13-5-3(7)4(8)10(12)6(11)9-5/h2,7-8H2,1H3,(H,9,11). The Bertz CT molecular complexity index is 328. The molecule has 1 heterocycles. The maximum atomic E-state index is 10.9. The van der Waals surface area contributed by atoms with Gasteiger partial charge in [-0.3, -0.25) is 0 Å². The van der Waals surface area contributed by atoms with Gasteiger partial charge in [0, 0.05) is 0 Å². The molecule has 0 spiro atoms. The van der Waals surface area contributed by atoms with Crippen LogP contribution in [0.15, 0.2) is 0 Å². The van der Waals surface area contributed by atoms with Crippen LogP contribution in [0.4, 0.5) is 11.5 Å². The van der Waals surface area contributed by atoms with E-state index in [2.05, 4.69) is 4.98 Å². The number of anilines is 2. The molecule has 13 heavy (non-hydrogen) atoms. The fraction of sp³-hybridized carbons (Fsp3) is 0.333. The van der Waals surface area contributed by atoms with Crippen molar-refractivity contribution in [1.82, 2.24) is 4.98 Å². The summed E-state index contributed by atoms with van der Waals surface area (Å²) >= 11 is 0. The Kier molecular flexibility index (Phi) is 2.27. The van der Waals surface area contributed by atoms with Crippen molar-refractivity contribution in [3.8, 4) is 11.9 Å². The van der Waals surface area contributed by atoms with Crippen molar-refractivity contribution in [3.05, 3.63) is 5.21 Å². The lowest BCUT2D eigenvalue weighted by atomic mass is 10.5. The van der Waals surface area contributed by atoms with Crippen molar-refractivity contribution in [2.75, 3.05) is 18.1 Å². The first kappa shape index (κ1) is 9.17. The first-order valence-electron chi connectivity index (χ1n) is 3.58. The van der Waals surface area contributed by atoms with Crippen molar-refractivity contribution < 1.29 is 14.6 Å². The summed E-state index contributed by atoms with van der Waals surface area (Å²) in [6.07, 6.45) is 0. The average molecular weight is 186 g/mol. The number of rotatable bonds is 2. The number of nitrogens with zero attached hydrogens (tertiary/aromatic N) is 2. The first-order chi connectivity index (χ1) is 6.07. The minimum absolute atomic E-state index is 0.0256. The van der Waals surface area contributed by atoms with Crippen molar-refractivity contribution in [2.45, 2.75) is 6.92 Å². The zero-order chi connectivity index (χ0) is 10.0. The molecule has 0 amide bonds. The third kappa shape index (κ3) is 1.48. The quantitative estimate of drug-likeness (QED) is 0.401. The van der Waals surface area contributed by atoms with Crippen LogP contribution in [-0.2, 0) is 0 Å². The zero-order valence-corrected chi connectivity index (χ0v) is 7.02. The van der Waals surface area contributed by atoms with E-state index in [4.69, 9.17) is 21.3 Å². The molecule has 0 atom stereocenters. The Labute approximate surface area is 74.1 Å². The van der Waals surface area contributed by atoms with E-state index in [1.165, 1.54) is 0 Å². The van der Waals surface area contributed by atoms with Crippen molar-refractivity contribution >= 4 is 11.5 Å². The average Bonchev–Trinajstić information content (AvgIpc) is 2.11. The highest BCUT2D eigenvalue weighted by Gasteiger charge is 2.18. The molecule has 5 N–H and O–H groups in total. The van der Waals surface area contributed by atoms with Crippen LogP contribution >= 0.6 is 0 Å². The molecule has 0 radical (unpaired) electrons. The molecular weight excluding hydrogens is 176 g/mol. The molecule has 0 saturated carbocycles. The summed E-state index contributed by atoms with van der Waals surface area (Å²) < 4.78 is 4.95. The SMILES string of the molecule is CCOc1nc(O)[n+]([O-])c(N)c1N. The van der Waals surface area contributed by atoms with Crippen LogP contribution < -0.4 is 20.9 Å². The molecule has 7 heteroatoms. The normalized spacial score (nSPS) is 9.92. The van der Waals surface area contributed by atoms with Gasteiger partial charge >= 0.3 is 11.9 Å². The van der Waals surface area contributed by atoms with Gasteiger partial charge in [-0.15, -0.1) is 0 Å². The van der Waals surface area contributed by atoms with Crippen LogP contribution in [0, 0.1) is 5.21 Å². The molecule has 1 rings (SSSR count). The third-order valence-corrected chi connectivity index (χ3v) is 1.39. The molecule has 0 aliphatic carbocycles. The molecule has 0 unspecified atom stereocenters. The Morgan fingerprint density at radius 2 is 2.23 bits per heavy atom. The number of nitrogens with two attached hydrogens (primary N) is 2. The molecule has 0 aromatic carbocycles. The molecule has 0 aliphatic rings. The van der Waals surface area contributed by atoms with E-state index >= 15 is 0 Å². The largest absolute Gasteiger partial charge is 0.738 e. The summed E-state index contributed by atoms with van der Waals surface area (Å²) in [5, 5.41) is 19.8. The number of hydrogen-bond donors (Lipinski definition) is 3.